The molecule has 0 aliphatic carbocycles. The van der Waals surface area contributed by atoms with Crippen molar-refractivity contribution in [1.29, 1.82) is 0 Å². The summed E-state index contributed by atoms with van der Waals surface area (Å²) in [5.41, 5.74) is -0.155. The third-order valence-corrected chi connectivity index (χ3v) is 1.70. The SMILES string of the molecule is CC(C)(CCO)NC/C=C/C(=O)O. The fourth-order valence-electron chi connectivity index (χ4n) is 0.863. The van der Waals surface area contributed by atoms with Gasteiger partial charge in [-0.1, -0.05) is 6.08 Å². The second-order valence-electron chi connectivity index (χ2n) is 3.48. The van der Waals surface area contributed by atoms with Gasteiger partial charge in [-0.2, -0.15) is 0 Å². The van der Waals surface area contributed by atoms with Crippen LogP contribution < -0.4 is 5.32 Å². The van der Waals surface area contributed by atoms with Crippen molar-refractivity contribution in [3.05, 3.63) is 12.2 Å². The van der Waals surface area contributed by atoms with Crippen LogP contribution in [0.1, 0.15) is 20.3 Å². The summed E-state index contributed by atoms with van der Waals surface area (Å²) in [6.07, 6.45) is 3.29. The number of aliphatic hydroxyl groups is 1. The van der Waals surface area contributed by atoms with Gasteiger partial charge >= 0.3 is 5.97 Å². The molecule has 0 rings (SSSR count). The summed E-state index contributed by atoms with van der Waals surface area (Å²) in [5.74, 6) is -0.943. The highest BCUT2D eigenvalue weighted by Gasteiger charge is 2.14. The summed E-state index contributed by atoms with van der Waals surface area (Å²) in [7, 11) is 0. The summed E-state index contributed by atoms with van der Waals surface area (Å²) in [6.45, 7) is 4.54. The zero-order valence-electron chi connectivity index (χ0n) is 8.08. The van der Waals surface area contributed by atoms with E-state index in [1.807, 2.05) is 13.8 Å². The molecule has 3 N–H and O–H groups in total. The lowest BCUT2D eigenvalue weighted by Crippen LogP contribution is -2.40. The number of carboxylic acid groups (broad SMARTS) is 1. The van der Waals surface area contributed by atoms with E-state index in [-0.39, 0.29) is 12.1 Å². The molecule has 0 heterocycles. The third-order valence-electron chi connectivity index (χ3n) is 1.70. The Morgan fingerprint density at radius 1 is 1.54 bits per heavy atom. The first-order chi connectivity index (χ1) is 5.98. The predicted octanol–water partition coefficient (Wildman–Crippen LogP) is 0.378. The standard InChI is InChI=1S/C9H17NO3/c1-9(2,5-7-11)10-6-3-4-8(12)13/h3-4,10-11H,5-7H2,1-2H3,(H,12,13)/b4-3+. The van der Waals surface area contributed by atoms with Crippen LogP contribution in [0.5, 0.6) is 0 Å². The van der Waals surface area contributed by atoms with Gasteiger partial charge in [0, 0.05) is 24.8 Å². The normalized spacial score (nSPS) is 12.2. The first-order valence-corrected chi connectivity index (χ1v) is 4.23. The van der Waals surface area contributed by atoms with Crippen LogP contribution in [0.2, 0.25) is 0 Å². The van der Waals surface area contributed by atoms with Crippen molar-refractivity contribution < 1.29 is 15.0 Å². The monoisotopic (exact) mass is 187 g/mol. The number of hydrogen-bond donors (Lipinski definition) is 3. The van der Waals surface area contributed by atoms with Gasteiger partial charge in [0.1, 0.15) is 0 Å². The summed E-state index contributed by atoms with van der Waals surface area (Å²) >= 11 is 0. The van der Waals surface area contributed by atoms with Crippen LogP contribution in [-0.2, 0) is 4.79 Å². The molecule has 76 valence electrons. The molecule has 0 saturated heterocycles. The second-order valence-corrected chi connectivity index (χ2v) is 3.48. The average molecular weight is 187 g/mol. The highest BCUT2D eigenvalue weighted by molar-refractivity contribution is 5.79. The zero-order chi connectivity index (χ0) is 10.3. The van der Waals surface area contributed by atoms with Gasteiger partial charge in [0.25, 0.3) is 0 Å². The molecule has 0 saturated carbocycles. The van der Waals surface area contributed by atoms with Gasteiger partial charge in [-0.05, 0) is 20.3 Å². The molecule has 0 aromatic carbocycles. The van der Waals surface area contributed by atoms with Crippen LogP contribution in [-0.4, -0.2) is 34.9 Å². The largest absolute Gasteiger partial charge is 0.478 e. The van der Waals surface area contributed by atoms with Gasteiger partial charge in [-0.3, -0.25) is 0 Å². The van der Waals surface area contributed by atoms with Gasteiger partial charge in [0.2, 0.25) is 0 Å². The summed E-state index contributed by atoms with van der Waals surface area (Å²) in [4.78, 5) is 10.1. The van der Waals surface area contributed by atoms with E-state index in [4.69, 9.17) is 10.2 Å². The van der Waals surface area contributed by atoms with Crippen LogP contribution >= 0.6 is 0 Å². The predicted molar refractivity (Wildman–Crippen MR) is 50.6 cm³/mol. The molecule has 0 aliphatic heterocycles. The molecular formula is C9H17NO3. The number of rotatable bonds is 6. The molecule has 0 aliphatic rings. The number of hydrogen-bond acceptors (Lipinski definition) is 3. The van der Waals surface area contributed by atoms with Gasteiger partial charge in [-0.25, -0.2) is 4.79 Å². The maximum absolute atomic E-state index is 10.1. The van der Waals surface area contributed by atoms with Crippen LogP contribution in [0.3, 0.4) is 0 Å². The third kappa shape index (κ3) is 7.49. The van der Waals surface area contributed by atoms with Crippen molar-refractivity contribution in [1.82, 2.24) is 5.32 Å². The van der Waals surface area contributed by atoms with E-state index in [0.717, 1.165) is 6.08 Å². The Kier molecular flexibility index (Phi) is 5.34. The van der Waals surface area contributed by atoms with Crippen LogP contribution in [0.25, 0.3) is 0 Å². The minimum absolute atomic E-state index is 0.128. The number of nitrogens with one attached hydrogen (secondary N) is 1. The van der Waals surface area contributed by atoms with E-state index < -0.39 is 5.97 Å². The second kappa shape index (κ2) is 5.72. The van der Waals surface area contributed by atoms with Crippen LogP contribution in [0.4, 0.5) is 0 Å². The quantitative estimate of drug-likeness (QED) is 0.526. The molecule has 0 radical (unpaired) electrons. The fraction of sp³-hybridized carbons (Fsp3) is 0.667. The molecule has 0 aromatic rings. The lowest BCUT2D eigenvalue weighted by atomic mass is 10.0. The smallest absolute Gasteiger partial charge is 0.328 e. The summed E-state index contributed by atoms with van der Waals surface area (Å²) in [5, 5.41) is 20.1. The first kappa shape index (κ1) is 12.1. The van der Waals surface area contributed by atoms with E-state index in [1.54, 1.807) is 6.08 Å². The van der Waals surface area contributed by atoms with Crippen LogP contribution in [0, 0.1) is 0 Å². The Labute approximate surface area is 78.3 Å². The highest BCUT2D eigenvalue weighted by Crippen LogP contribution is 2.05. The van der Waals surface area contributed by atoms with Crippen molar-refractivity contribution in [3.63, 3.8) is 0 Å². The molecule has 0 aromatic heterocycles. The van der Waals surface area contributed by atoms with Crippen molar-refractivity contribution in [3.8, 4) is 0 Å². The molecule has 4 heteroatoms. The number of aliphatic hydroxyl groups excluding tert-OH is 1. The molecule has 0 amide bonds. The lowest BCUT2D eigenvalue weighted by molar-refractivity contribution is -0.131. The summed E-state index contributed by atoms with van der Waals surface area (Å²) < 4.78 is 0. The van der Waals surface area contributed by atoms with Crippen molar-refractivity contribution in [2.45, 2.75) is 25.8 Å². The van der Waals surface area contributed by atoms with E-state index in [2.05, 4.69) is 5.32 Å². The van der Waals surface area contributed by atoms with E-state index in [9.17, 15) is 4.79 Å². The van der Waals surface area contributed by atoms with Gasteiger partial charge < -0.3 is 15.5 Å². The first-order valence-electron chi connectivity index (χ1n) is 4.23. The van der Waals surface area contributed by atoms with Gasteiger partial charge in [0.15, 0.2) is 0 Å². The molecule has 0 spiro atoms. The lowest BCUT2D eigenvalue weighted by Gasteiger charge is -2.24. The van der Waals surface area contributed by atoms with Crippen LogP contribution in [0.15, 0.2) is 12.2 Å². The summed E-state index contributed by atoms with van der Waals surface area (Å²) in [6, 6.07) is 0. The highest BCUT2D eigenvalue weighted by atomic mass is 16.4. The Balaban J connectivity index is 3.68. The molecule has 0 unspecified atom stereocenters. The average Bonchev–Trinajstić information content (AvgIpc) is 1.98. The Hall–Kier alpha value is -0.870. The number of carbonyl (C=O) groups is 1. The number of carboxylic acids is 1. The van der Waals surface area contributed by atoms with E-state index in [1.165, 1.54) is 0 Å². The molecule has 0 bridgehead atoms. The van der Waals surface area contributed by atoms with Gasteiger partial charge in [-0.15, -0.1) is 0 Å². The van der Waals surface area contributed by atoms with E-state index >= 15 is 0 Å². The zero-order valence-corrected chi connectivity index (χ0v) is 8.08. The minimum Gasteiger partial charge on any atom is -0.478 e. The molecular weight excluding hydrogens is 170 g/mol. The minimum atomic E-state index is -0.943. The van der Waals surface area contributed by atoms with Crippen molar-refractivity contribution in [2.24, 2.45) is 0 Å². The van der Waals surface area contributed by atoms with Crippen molar-refractivity contribution in [2.75, 3.05) is 13.2 Å². The Morgan fingerprint density at radius 3 is 2.62 bits per heavy atom. The molecule has 0 fully saturated rings. The molecule has 0 atom stereocenters. The fourth-order valence-corrected chi connectivity index (χ4v) is 0.863. The van der Waals surface area contributed by atoms with Gasteiger partial charge in [0.05, 0.1) is 0 Å². The number of aliphatic carboxylic acids is 1. The van der Waals surface area contributed by atoms with Crippen molar-refractivity contribution >= 4 is 5.97 Å². The maximum atomic E-state index is 10.1. The Morgan fingerprint density at radius 2 is 2.15 bits per heavy atom. The Bertz CT molecular complexity index is 187. The molecule has 4 nitrogen and oxygen atoms in total. The molecule has 13 heavy (non-hydrogen) atoms. The van der Waals surface area contributed by atoms with E-state index in [0.29, 0.717) is 13.0 Å². The maximum Gasteiger partial charge on any atom is 0.328 e. The topological polar surface area (TPSA) is 69.6 Å².